The summed E-state index contributed by atoms with van der Waals surface area (Å²) in [5.41, 5.74) is 2.91. The Morgan fingerprint density at radius 2 is 1.87 bits per heavy atom. The number of ether oxygens (including phenoxy) is 2. The number of carbonyl (C=O) groups is 1. The molecule has 2 heterocycles. The molecule has 0 aliphatic rings. The number of rotatable bonds is 6. The van der Waals surface area contributed by atoms with Gasteiger partial charge in [-0.15, -0.1) is 0 Å². The molecule has 4 aromatic rings. The molecule has 4 rings (SSSR count). The molecule has 0 aliphatic carbocycles. The molecule has 2 aromatic heterocycles. The average molecular weight is 406 g/mol. The van der Waals surface area contributed by atoms with Crippen LogP contribution in [0.2, 0.25) is 0 Å². The second-order valence-corrected chi connectivity index (χ2v) is 6.51. The molecule has 0 saturated heterocycles. The first-order chi connectivity index (χ1) is 14.6. The van der Waals surface area contributed by atoms with Crippen LogP contribution in [-0.4, -0.2) is 34.5 Å². The summed E-state index contributed by atoms with van der Waals surface area (Å²) < 4.78 is 25.5. The summed E-state index contributed by atoms with van der Waals surface area (Å²) in [6.07, 6.45) is 4.95. The van der Waals surface area contributed by atoms with Gasteiger partial charge in [0, 0.05) is 30.7 Å². The molecular weight excluding hydrogens is 387 g/mol. The van der Waals surface area contributed by atoms with Crippen molar-refractivity contribution in [3.05, 3.63) is 78.1 Å². The van der Waals surface area contributed by atoms with Crippen LogP contribution in [0.4, 0.5) is 4.39 Å². The van der Waals surface area contributed by atoms with E-state index in [0.29, 0.717) is 34.9 Å². The summed E-state index contributed by atoms with van der Waals surface area (Å²) in [4.78, 5) is 21.4. The van der Waals surface area contributed by atoms with Gasteiger partial charge >= 0.3 is 0 Å². The lowest BCUT2D eigenvalue weighted by Gasteiger charge is -2.10. The maximum absolute atomic E-state index is 13.2. The maximum atomic E-state index is 13.2. The number of nitrogens with one attached hydrogen (secondary N) is 1. The van der Waals surface area contributed by atoms with E-state index in [-0.39, 0.29) is 17.4 Å². The summed E-state index contributed by atoms with van der Waals surface area (Å²) in [5.74, 6) is 0.559. The van der Waals surface area contributed by atoms with Crippen LogP contribution in [0.25, 0.3) is 16.9 Å². The molecule has 0 aliphatic heterocycles. The van der Waals surface area contributed by atoms with Crippen LogP contribution in [0, 0.1) is 5.82 Å². The number of carbonyl (C=O) groups excluding carboxylic acids is 1. The molecule has 0 spiro atoms. The molecule has 8 heteroatoms. The van der Waals surface area contributed by atoms with Gasteiger partial charge in [0.15, 0.2) is 17.1 Å². The monoisotopic (exact) mass is 406 g/mol. The number of halogens is 1. The fourth-order valence-electron chi connectivity index (χ4n) is 3.10. The Kier molecular flexibility index (Phi) is 5.30. The molecule has 0 saturated carbocycles. The van der Waals surface area contributed by atoms with Crippen molar-refractivity contribution in [2.75, 3.05) is 14.2 Å². The molecule has 0 bridgehead atoms. The van der Waals surface area contributed by atoms with Gasteiger partial charge in [0.05, 0.1) is 14.2 Å². The lowest BCUT2D eigenvalue weighted by Crippen LogP contribution is -2.23. The van der Waals surface area contributed by atoms with Crippen LogP contribution >= 0.6 is 0 Å². The highest BCUT2D eigenvalue weighted by molar-refractivity contribution is 5.93. The van der Waals surface area contributed by atoms with Gasteiger partial charge in [-0.25, -0.2) is 9.37 Å². The Hall–Kier alpha value is -3.94. The summed E-state index contributed by atoms with van der Waals surface area (Å²) >= 11 is 0. The summed E-state index contributed by atoms with van der Waals surface area (Å²) in [7, 11) is 3.13. The van der Waals surface area contributed by atoms with Crippen molar-refractivity contribution >= 4 is 11.6 Å². The first-order valence-electron chi connectivity index (χ1n) is 9.18. The lowest BCUT2D eigenvalue weighted by molar-refractivity contribution is 0.0946. The van der Waals surface area contributed by atoms with Crippen molar-refractivity contribution in [3.8, 4) is 22.8 Å². The minimum atomic E-state index is -0.329. The van der Waals surface area contributed by atoms with Crippen molar-refractivity contribution < 1.29 is 18.7 Å². The van der Waals surface area contributed by atoms with Crippen molar-refractivity contribution in [1.29, 1.82) is 0 Å². The topological polar surface area (TPSA) is 77.8 Å². The van der Waals surface area contributed by atoms with Crippen LogP contribution in [-0.2, 0) is 6.54 Å². The summed E-state index contributed by atoms with van der Waals surface area (Å²) in [6.45, 7) is 0.302. The standard InChI is InChI=1S/C22H19FN4O3/c1-29-18-8-3-14(11-19(18)30-2)12-25-22(28)17-13-27-10-9-24-20(21(27)26-17)15-4-6-16(23)7-5-15/h3-11,13H,12H2,1-2H3,(H,25,28). The fourth-order valence-corrected chi connectivity index (χ4v) is 3.10. The van der Waals surface area contributed by atoms with Gasteiger partial charge in [0.25, 0.3) is 5.91 Å². The number of imidazole rings is 1. The number of hydrogen-bond acceptors (Lipinski definition) is 5. The number of amides is 1. The van der Waals surface area contributed by atoms with Crippen LogP contribution in [0.5, 0.6) is 11.5 Å². The van der Waals surface area contributed by atoms with Crippen molar-refractivity contribution in [3.63, 3.8) is 0 Å². The van der Waals surface area contributed by atoms with E-state index < -0.39 is 0 Å². The largest absolute Gasteiger partial charge is 0.493 e. The Bertz CT molecular complexity index is 1200. The predicted octanol–water partition coefficient (Wildman–Crippen LogP) is 3.48. The Morgan fingerprint density at radius 1 is 1.10 bits per heavy atom. The Morgan fingerprint density at radius 3 is 2.60 bits per heavy atom. The van der Waals surface area contributed by atoms with E-state index in [1.54, 1.807) is 61.5 Å². The highest BCUT2D eigenvalue weighted by Gasteiger charge is 2.15. The van der Waals surface area contributed by atoms with E-state index in [9.17, 15) is 9.18 Å². The number of benzene rings is 2. The third-order valence-electron chi connectivity index (χ3n) is 4.63. The molecular formula is C22H19FN4O3. The summed E-state index contributed by atoms with van der Waals surface area (Å²) in [6, 6.07) is 11.4. The third-order valence-corrected chi connectivity index (χ3v) is 4.63. The van der Waals surface area contributed by atoms with E-state index in [2.05, 4.69) is 15.3 Å². The summed E-state index contributed by atoms with van der Waals surface area (Å²) in [5, 5.41) is 2.85. The smallest absolute Gasteiger partial charge is 0.271 e. The average Bonchev–Trinajstić information content (AvgIpc) is 3.22. The van der Waals surface area contributed by atoms with Crippen LogP contribution in [0.1, 0.15) is 16.1 Å². The molecule has 0 atom stereocenters. The van der Waals surface area contributed by atoms with Crippen molar-refractivity contribution in [2.45, 2.75) is 6.54 Å². The van der Waals surface area contributed by atoms with Gasteiger partial charge in [-0.3, -0.25) is 9.78 Å². The SMILES string of the molecule is COc1ccc(CNC(=O)c2cn3ccnc(-c4ccc(F)cc4)c3n2)cc1OC. The molecule has 1 amide bonds. The maximum Gasteiger partial charge on any atom is 0.271 e. The first kappa shape index (κ1) is 19.4. The number of hydrogen-bond donors (Lipinski definition) is 1. The zero-order valence-electron chi connectivity index (χ0n) is 16.4. The van der Waals surface area contributed by atoms with Crippen molar-refractivity contribution in [1.82, 2.24) is 19.7 Å². The number of aromatic nitrogens is 3. The molecule has 1 N–H and O–H groups in total. The third kappa shape index (κ3) is 3.80. The minimum absolute atomic E-state index is 0.256. The van der Waals surface area contributed by atoms with E-state index in [1.807, 2.05) is 6.07 Å². The van der Waals surface area contributed by atoms with E-state index in [0.717, 1.165) is 5.56 Å². The highest BCUT2D eigenvalue weighted by atomic mass is 19.1. The molecule has 0 unspecified atom stereocenters. The van der Waals surface area contributed by atoms with Gasteiger partial charge in [0.2, 0.25) is 0 Å². The van der Waals surface area contributed by atoms with E-state index in [4.69, 9.17) is 9.47 Å². The minimum Gasteiger partial charge on any atom is -0.493 e. The molecule has 152 valence electrons. The molecule has 2 aromatic carbocycles. The van der Waals surface area contributed by atoms with Crippen LogP contribution in [0.3, 0.4) is 0 Å². The van der Waals surface area contributed by atoms with Crippen molar-refractivity contribution in [2.24, 2.45) is 0 Å². The zero-order chi connectivity index (χ0) is 21.1. The van der Waals surface area contributed by atoms with Gasteiger partial charge in [0.1, 0.15) is 17.2 Å². The second kappa shape index (κ2) is 8.20. The number of methoxy groups -OCH3 is 2. The Labute approximate surface area is 172 Å². The lowest BCUT2D eigenvalue weighted by atomic mass is 10.1. The predicted molar refractivity (Wildman–Crippen MR) is 109 cm³/mol. The highest BCUT2D eigenvalue weighted by Crippen LogP contribution is 2.27. The van der Waals surface area contributed by atoms with E-state index in [1.165, 1.54) is 12.1 Å². The van der Waals surface area contributed by atoms with Gasteiger partial charge in [-0.05, 0) is 42.0 Å². The quantitative estimate of drug-likeness (QED) is 0.530. The van der Waals surface area contributed by atoms with Gasteiger partial charge in [-0.1, -0.05) is 6.07 Å². The zero-order valence-corrected chi connectivity index (χ0v) is 16.4. The molecule has 0 fully saturated rings. The molecule has 0 radical (unpaired) electrons. The molecule has 7 nitrogen and oxygen atoms in total. The number of fused-ring (bicyclic) bond motifs is 1. The van der Waals surface area contributed by atoms with Crippen LogP contribution < -0.4 is 14.8 Å². The normalized spacial score (nSPS) is 10.8. The van der Waals surface area contributed by atoms with Crippen LogP contribution in [0.15, 0.2) is 61.1 Å². The fraction of sp³-hybridized carbons (Fsp3) is 0.136. The van der Waals surface area contributed by atoms with E-state index >= 15 is 0 Å². The second-order valence-electron chi connectivity index (χ2n) is 6.51. The molecule has 30 heavy (non-hydrogen) atoms. The first-order valence-corrected chi connectivity index (χ1v) is 9.18. The van der Waals surface area contributed by atoms with Gasteiger partial charge < -0.3 is 19.2 Å². The van der Waals surface area contributed by atoms with Gasteiger partial charge in [-0.2, -0.15) is 0 Å². The number of nitrogens with zero attached hydrogens (tertiary/aromatic N) is 3. The Balaban J connectivity index is 1.55.